The van der Waals surface area contributed by atoms with Crippen molar-refractivity contribution in [2.24, 2.45) is 0 Å². The first-order chi connectivity index (χ1) is 12.9. The summed E-state index contributed by atoms with van der Waals surface area (Å²) in [5.41, 5.74) is 1.64. The molecular formula is C19H15FIN3O3. The number of amides is 1. The zero-order valence-corrected chi connectivity index (χ0v) is 16.4. The zero-order chi connectivity index (χ0) is 19.4. The van der Waals surface area contributed by atoms with Gasteiger partial charge in [0, 0.05) is 9.64 Å². The van der Waals surface area contributed by atoms with E-state index in [1.165, 1.54) is 16.8 Å². The third-order valence-corrected chi connectivity index (χ3v) is 4.30. The first-order valence-corrected chi connectivity index (χ1v) is 9.05. The molecule has 1 amide bonds. The summed E-state index contributed by atoms with van der Waals surface area (Å²) in [4.78, 5) is 24.1. The molecule has 0 saturated carbocycles. The summed E-state index contributed by atoms with van der Waals surface area (Å²) in [5, 5.41) is 6.94. The molecule has 8 heteroatoms. The molecule has 3 rings (SSSR count). The Labute approximate surface area is 168 Å². The lowest BCUT2D eigenvalue weighted by molar-refractivity contribution is -0.119. The minimum Gasteiger partial charge on any atom is -0.452 e. The molecule has 1 N–H and O–H groups in total. The third-order valence-electron chi connectivity index (χ3n) is 3.58. The van der Waals surface area contributed by atoms with Crippen LogP contribution in [0.1, 0.15) is 16.1 Å². The van der Waals surface area contributed by atoms with Crippen LogP contribution in [0.3, 0.4) is 0 Å². The second-order valence-electron chi connectivity index (χ2n) is 5.69. The summed E-state index contributed by atoms with van der Waals surface area (Å²) in [5.74, 6) is -1.05. The van der Waals surface area contributed by atoms with Crippen LogP contribution in [0.5, 0.6) is 0 Å². The number of nitrogens with zero attached hydrogens (tertiary/aromatic N) is 2. The molecule has 0 radical (unpaired) electrons. The molecule has 27 heavy (non-hydrogen) atoms. The van der Waals surface area contributed by atoms with Gasteiger partial charge in [-0.25, -0.2) is 13.9 Å². The number of esters is 1. The minimum absolute atomic E-state index is 0.365. The number of hydrogen-bond acceptors (Lipinski definition) is 4. The van der Waals surface area contributed by atoms with Crippen molar-refractivity contribution in [2.75, 3.05) is 11.9 Å². The van der Waals surface area contributed by atoms with Gasteiger partial charge in [0.25, 0.3) is 5.91 Å². The van der Waals surface area contributed by atoms with E-state index in [0.29, 0.717) is 22.8 Å². The number of halogens is 2. The van der Waals surface area contributed by atoms with Crippen molar-refractivity contribution in [3.8, 4) is 5.69 Å². The SMILES string of the molecule is Cc1cc(NC(=O)COC(=O)c2ccc(I)cc2)n(-c2ccc(F)cc2)n1. The predicted molar refractivity (Wildman–Crippen MR) is 106 cm³/mol. The van der Waals surface area contributed by atoms with Crippen LogP contribution >= 0.6 is 22.6 Å². The molecule has 0 aliphatic heterocycles. The van der Waals surface area contributed by atoms with Crippen LogP contribution in [0.15, 0.2) is 54.6 Å². The fourth-order valence-corrected chi connectivity index (χ4v) is 2.71. The molecule has 0 unspecified atom stereocenters. The first kappa shape index (κ1) is 19.0. The van der Waals surface area contributed by atoms with Gasteiger partial charge in [-0.3, -0.25) is 4.79 Å². The van der Waals surface area contributed by atoms with E-state index < -0.39 is 18.5 Å². The number of aryl methyl sites for hydroxylation is 1. The van der Waals surface area contributed by atoms with Gasteiger partial charge >= 0.3 is 5.97 Å². The minimum atomic E-state index is -0.579. The van der Waals surface area contributed by atoms with Crippen molar-refractivity contribution in [3.63, 3.8) is 0 Å². The van der Waals surface area contributed by atoms with Crippen LogP contribution in [0, 0.1) is 16.3 Å². The fraction of sp³-hybridized carbons (Fsp3) is 0.105. The van der Waals surface area contributed by atoms with Gasteiger partial charge in [0.15, 0.2) is 6.61 Å². The quantitative estimate of drug-likeness (QED) is 0.448. The average Bonchev–Trinajstić information content (AvgIpc) is 3.01. The Morgan fingerprint density at radius 2 is 1.81 bits per heavy atom. The van der Waals surface area contributed by atoms with Crippen molar-refractivity contribution in [3.05, 3.63) is 75.2 Å². The number of rotatable bonds is 5. The lowest BCUT2D eigenvalue weighted by Crippen LogP contribution is -2.22. The largest absolute Gasteiger partial charge is 0.452 e. The van der Waals surface area contributed by atoms with E-state index in [-0.39, 0.29) is 5.82 Å². The van der Waals surface area contributed by atoms with Gasteiger partial charge in [-0.2, -0.15) is 5.10 Å². The van der Waals surface area contributed by atoms with Crippen LogP contribution in [-0.2, 0) is 9.53 Å². The smallest absolute Gasteiger partial charge is 0.338 e. The van der Waals surface area contributed by atoms with E-state index in [1.54, 1.807) is 49.4 Å². The molecule has 0 fully saturated rings. The average molecular weight is 479 g/mol. The van der Waals surface area contributed by atoms with Gasteiger partial charge < -0.3 is 10.1 Å². The van der Waals surface area contributed by atoms with E-state index in [9.17, 15) is 14.0 Å². The molecular weight excluding hydrogens is 464 g/mol. The van der Waals surface area contributed by atoms with Gasteiger partial charge in [-0.1, -0.05) is 0 Å². The van der Waals surface area contributed by atoms with Crippen molar-refractivity contribution in [2.45, 2.75) is 6.92 Å². The van der Waals surface area contributed by atoms with E-state index in [2.05, 4.69) is 33.0 Å². The van der Waals surface area contributed by atoms with Crippen LogP contribution in [0.4, 0.5) is 10.2 Å². The first-order valence-electron chi connectivity index (χ1n) is 7.97. The molecule has 1 heterocycles. The van der Waals surface area contributed by atoms with E-state index >= 15 is 0 Å². The highest BCUT2D eigenvalue weighted by molar-refractivity contribution is 14.1. The Balaban J connectivity index is 1.65. The maximum absolute atomic E-state index is 13.1. The van der Waals surface area contributed by atoms with Crippen molar-refractivity contribution in [1.82, 2.24) is 9.78 Å². The van der Waals surface area contributed by atoms with Crippen LogP contribution in [0.25, 0.3) is 5.69 Å². The maximum Gasteiger partial charge on any atom is 0.338 e. The van der Waals surface area contributed by atoms with E-state index in [1.807, 2.05) is 0 Å². The van der Waals surface area contributed by atoms with Crippen molar-refractivity contribution < 1.29 is 18.7 Å². The highest BCUT2D eigenvalue weighted by Gasteiger charge is 2.14. The lowest BCUT2D eigenvalue weighted by Gasteiger charge is -2.09. The normalized spacial score (nSPS) is 10.5. The lowest BCUT2D eigenvalue weighted by atomic mass is 10.2. The van der Waals surface area contributed by atoms with E-state index in [0.717, 1.165) is 3.57 Å². The fourth-order valence-electron chi connectivity index (χ4n) is 2.35. The predicted octanol–water partition coefficient (Wildman–Crippen LogP) is 3.72. The molecule has 0 saturated heterocycles. The molecule has 0 atom stereocenters. The van der Waals surface area contributed by atoms with E-state index in [4.69, 9.17) is 4.74 Å². The second kappa shape index (κ2) is 8.30. The maximum atomic E-state index is 13.1. The molecule has 138 valence electrons. The Hall–Kier alpha value is -2.75. The number of ether oxygens (including phenoxy) is 1. The summed E-state index contributed by atoms with van der Waals surface area (Å²) >= 11 is 2.13. The van der Waals surface area contributed by atoms with Crippen LogP contribution in [0.2, 0.25) is 0 Å². The topological polar surface area (TPSA) is 73.2 Å². The summed E-state index contributed by atoms with van der Waals surface area (Å²) in [6, 6.07) is 14.2. The van der Waals surface area contributed by atoms with Crippen molar-refractivity contribution >= 4 is 40.3 Å². The Morgan fingerprint density at radius 3 is 2.48 bits per heavy atom. The summed E-state index contributed by atoms with van der Waals surface area (Å²) in [7, 11) is 0. The highest BCUT2D eigenvalue weighted by Crippen LogP contribution is 2.17. The number of benzene rings is 2. The number of hydrogen-bond donors (Lipinski definition) is 1. The molecule has 2 aromatic carbocycles. The van der Waals surface area contributed by atoms with Gasteiger partial charge in [-0.15, -0.1) is 0 Å². The summed E-state index contributed by atoms with van der Waals surface area (Å²) in [6.45, 7) is 1.34. The number of carbonyl (C=O) groups is 2. The monoisotopic (exact) mass is 479 g/mol. The highest BCUT2D eigenvalue weighted by atomic mass is 127. The second-order valence-corrected chi connectivity index (χ2v) is 6.94. The number of carbonyl (C=O) groups excluding carboxylic acids is 2. The van der Waals surface area contributed by atoms with Crippen molar-refractivity contribution in [1.29, 1.82) is 0 Å². The summed E-state index contributed by atoms with van der Waals surface area (Å²) < 4.78 is 20.6. The third kappa shape index (κ3) is 4.91. The Morgan fingerprint density at radius 1 is 1.15 bits per heavy atom. The number of nitrogens with one attached hydrogen (secondary N) is 1. The molecule has 3 aromatic rings. The standard InChI is InChI=1S/C19H15FIN3O3/c1-12-10-17(24(23-12)16-8-4-14(20)5-9-16)22-18(25)11-27-19(26)13-2-6-15(21)7-3-13/h2-10H,11H2,1H3,(H,22,25). The van der Waals surface area contributed by atoms with Crippen LogP contribution < -0.4 is 5.32 Å². The Bertz CT molecular complexity index is 969. The molecule has 0 spiro atoms. The summed E-state index contributed by atoms with van der Waals surface area (Å²) in [6.07, 6.45) is 0. The van der Waals surface area contributed by atoms with Gasteiger partial charge in [0.2, 0.25) is 0 Å². The number of aromatic nitrogens is 2. The van der Waals surface area contributed by atoms with Gasteiger partial charge in [0.1, 0.15) is 11.6 Å². The molecule has 1 aromatic heterocycles. The zero-order valence-electron chi connectivity index (χ0n) is 14.3. The molecule has 0 aliphatic carbocycles. The Kier molecular flexibility index (Phi) is 5.84. The molecule has 0 bridgehead atoms. The number of anilines is 1. The van der Waals surface area contributed by atoms with Gasteiger partial charge in [0.05, 0.1) is 16.9 Å². The van der Waals surface area contributed by atoms with Crippen LogP contribution in [-0.4, -0.2) is 28.3 Å². The molecule has 6 nitrogen and oxygen atoms in total. The van der Waals surface area contributed by atoms with Gasteiger partial charge in [-0.05, 0) is 78.0 Å². The molecule has 0 aliphatic rings.